The van der Waals surface area contributed by atoms with Gasteiger partial charge in [-0.05, 0) is 48.4 Å². The largest absolute Gasteiger partial charge is 0.207 e. The molecule has 1 aliphatic carbocycles. The first-order chi connectivity index (χ1) is 9.79. The first kappa shape index (κ1) is 15.3. The molecule has 2 rings (SSSR count). The number of unbranched alkanes of at least 4 members (excludes halogenated alkanes) is 4. The third-order valence-corrected chi connectivity index (χ3v) is 4.43. The number of allylic oxidation sites excluding steroid dienone is 2. The molecule has 0 amide bonds. The first-order valence-electron chi connectivity index (χ1n) is 8.24. The van der Waals surface area contributed by atoms with Crippen molar-refractivity contribution in [1.29, 1.82) is 0 Å². The van der Waals surface area contributed by atoms with Crippen molar-refractivity contribution in [3.63, 3.8) is 0 Å². The quantitative estimate of drug-likeness (QED) is 0.507. The van der Waals surface area contributed by atoms with Crippen molar-refractivity contribution in [1.82, 2.24) is 0 Å². The fourth-order valence-electron chi connectivity index (χ4n) is 3.14. The minimum Gasteiger partial charge on any atom is -0.207 e. The van der Waals surface area contributed by atoms with Crippen LogP contribution in [0.25, 0.3) is 5.57 Å². The van der Waals surface area contributed by atoms with Gasteiger partial charge in [0.2, 0.25) is 0 Å². The molecule has 0 fully saturated rings. The molecule has 1 heteroatoms. The van der Waals surface area contributed by atoms with Crippen LogP contribution in [0, 0.1) is 11.7 Å². The molecule has 0 N–H and O–H groups in total. The third kappa shape index (κ3) is 4.77. The highest BCUT2D eigenvalue weighted by Gasteiger charge is 2.15. The fourth-order valence-corrected chi connectivity index (χ4v) is 3.14. The van der Waals surface area contributed by atoms with Crippen molar-refractivity contribution < 1.29 is 4.39 Å². The van der Waals surface area contributed by atoms with Gasteiger partial charge in [-0.3, -0.25) is 0 Å². The van der Waals surface area contributed by atoms with E-state index in [1.807, 2.05) is 12.1 Å². The summed E-state index contributed by atoms with van der Waals surface area (Å²) in [6.45, 7) is 2.26. The predicted molar refractivity (Wildman–Crippen MR) is 85.1 cm³/mol. The highest BCUT2D eigenvalue weighted by Crippen LogP contribution is 2.32. The Morgan fingerprint density at radius 3 is 2.70 bits per heavy atom. The van der Waals surface area contributed by atoms with E-state index in [0.29, 0.717) is 0 Å². The fraction of sp³-hybridized carbons (Fsp3) is 0.579. The second-order valence-electron chi connectivity index (χ2n) is 6.08. The molecule has 1 aliphatic rings. The monoisotopic (exact) mass is 274 g/mol. The number of benzene rings is 1. The highest BCUT2D eigenvalue weighted by molar-refractivity contribution is 5.66. The van der Waals surface area contributed by atoms with Gasteiger partial charge >= 0.3 is 0 Å². The zero-order valence-electron chi connectivity index (χ0n) is 12.7. The number of hydrogen-bond acceptors (Lipinski definition) is 0. The van der Waals surface area contributed by atoms with Crippen LogP contribution >= 0.6 is 0 Å². The van der Waals surface area contributed by atoms with Crippen LogP contribution in [0.1, 0.15) is 70.3 Å². The number of halogens is 1. The van der Waals surface area contributed by atoms with Gasteiger partial charge < -0.3 is 0 Å². The summed E-state index contributed by atoms with van der Waals surface area (Å²) in [5, 5.41) is 0. The molecule has 110 valence electrons. The van der Waals surface area contributed by atoms with Crippen molar-refractivity contribution >= 4 is 5.57 Å². The van der Waals surface area contributed by atoms with Gasteiger partial charge in [0.25, 0.3) is 0 Å². The number of hydrogen-bond donors (Lipinski definition) is 0. The molecule has 0 saturated carbocycles. The van der Waals surface area contributed by atoms with Gasteiger partial charge in [0.05, 0.1) is 0 Å². The average molecular weight is 274 g/mol. The molecule has 0 spiro atoms. The minimum absolute atomic E-state index is 0.124. The minimum atomic E-state index is -0.124. The Bertz CT molecular complexity index is 433. The Hall–Kier alpha value is -1.11. The molecule has 1 atom stereocenters. The van der Waals surface area contributed by atoms with Crippen LogP contribution in [0.5, 0.6) is 0 Å². The molecule has 0 nitrogen and oxygen atoms in total. The Kier molecular flexibility index (Phi) is 6.29. The van der Waals surface area contributed by atoms with Crippen LogP contribution in [0.15, 0.2) is 30.3 Å². The standard InChI is InChI=1S/C19H27F/c1-2-3-4-5-6-8-16-11-13-17(14-12-16)18-9-7-10-19(20)15-18/h7,9-10,13,15-16H,2-6,8,11-12,14H2,1H3. The van der Waals surface area contributed by atoms with E-state index in [-0.39, 0.29) is 5.82 Å². The lowest BCUT2D eigenvalue weighted by Gasteiger charge is -2.22. The molecular formula is C19H27F. The summed E-state index contributed by atoms with van der Waals surface area (Å²) >= 11 is 0. The molecule has 0 aromatic heterocycles. The average Bonchev–Trinajstić information content (AvgIpc) is 2.48. The Morgan fingerprint density at radius 2 is 2.00 bits per heavy atom. The summed E-state index contributed by atoms with van der Waals surface area (Å²) in [5.74, 6) is 0.732. The lowest BCUT2D eigenvalue weighted by Crippen LogP contribution is -2.05. The van der Waals surface area contributed by atoms with Crippen LogP contribution in [0.2, 0.25) is 0 Å². The van der Waals surface area contributed by atoms with Crippen LogP contribution in [0.4, 0.5) is 4.39 Å². The lowest BCUT2D eigenvalue weighted by molar-refractivity contribution is 0.423. The summed E-state index contributed by atoms with van der Waals surface area (Å²) in [7, 11) is 0. The summed E-state index contributed by atoms with van der Waals surface area (Å²) in [6.07, 6.45) is 14.2. The topological polar surface area (TPSA) is 0 Å². The molecule has 0 saturated heterocycles. The Balaban J connectivity index is 1.76. The lowest BCUT2D eigenvalue weighted by atomic mass is 9.84. The molecule has 1 aromatic carbocycles. The van der Waals surface area contributed by atoms with Gasteiger partial charge in [0.15, 0.2) is 0 Å². The van der Waals surface area contributed by atoms with Gasteiger partial charge in [-0.1, -0.05) is 63.7 Å². The van der Waals surface area contributed by atoms with E-state index in [0.717, 1.165) is 17.9 Å². The van der Waals surface area contributed by atoms with Crippen molar-refractivity contribution in [2.75, 3.05) is 0 Å². The summed E-state index contributed by atoms with van der Waals surface area (Å²) in [4.78, 5) is 0. The van der Waals surface area contributed by atoms with Gasteiger partial charge in [-0.2, -0.15) is 0 Å². The summed E-state index contributed by atoms with van der Waals surface area (Å²) < 4.78 is 13.2. The van der Waals surface area contributed by atoms with E-state index < -0.39 is 0 Å². The molecule has 0 bridgehead atoms. The van der Waals surface area contributed by atoms with Crippen molar-refractivity contribution in [2.45, 2.75) is 64.7 Å². The second-order valence-corrected chi connectivity index (χ2v) is 6.08. The molecular weight excluding hydrogens is 247 g/mol. The zero-order valence-corrected chi connectivity index (χ0v) is 12.7. The van der Waals surface area contributed by atoms with Crippen molar-refractivity contribution in [3.8, 4) is 0 Å². The summed E-state index contributed by atoms with van der Waals surface area (Å²) in [6, 6.07) is 7.02. The van der Waals surface area contributed by atoms with Gasteiger partial charge in [0.1, 0.15) is 5.82 Å². The maximum absolute atomic E-state index is 13.2. The van der Waals surface area contributed by atoms with E-state index in [9.17, 15) is 4.39 Å². The van der Waals surface area contributed by atoms with E-state index >= 15 is 0 Å². The zero-order chi connectivity index (χ0) is 14.2. The van der Waals surface area contributed by atoms with Crippen LogP contribution in [-0.4, -0.2) is 0 Å². The van der Waals surface area contributed by atoms with Crippen molar-refractivity contribution in [2.24, 2.45) is 5.92 Å². The molecule has 1 aromatic rings. The van der Waals surface area contributed by atoms with Crippen LogP contribution in [-0.2, 0) is 0 Å². The molecule has 0 heterocycles. The smallest absolute Gasteiger partial charge is 0.123 e. The molecule has 0 aliphatic heterocycles. The third-order valence-electron chi connectivity index (χ3n) is 4.43. The highest BCUT2D eigenvalue weighted by atomic mass is 19.1. The van der Waals surface area contributed by atoms with Crippen LogP contribution < -0.4 is 0 Å². The SMILES string of the molecule is CCCCCCCC1CC=C(c2cccc(F)c2)CC1. The molecule has 0 radical (unpaired) electrons. The maximum atomic E-state index is 13.2. The van der Waals surface area contributed by atoms with Crippen LogP contribution in [0.3, 0.4) is 0 Å². The van der Waals surface area contributed by atoms with E-state index in [1.165, 1.54) is 63.0 Å². The Morgan fingerprint density at radius 1 is 1.15 bits per heavy atom. The second kappa shape index (κ2) is 8.24. The maximum Gasteiger partial charge on any atom is 0.123 e. The van der Waals surface area contributed by atoms with E-state index in [1.54, 1.807) is 6.07 Å². The van der Waals surface area contributed by atoms with Gasteiger partial charge in [-0.25, -0.2) is 4.39 Å². The Labute approximate surface area is 123 Å². The summed E-state index contributed by atoms with van der Waals surface area (Å²) in [5.41, 5.74) is 2.41. The predicted octanol–water partition coefficient (Wildman–Crippen LogP) is 6.37. The first-order valence-corrected chi connectivity index (χ1v) is 8.24. The normalized spacial score (nSPS) is 18.9. The molecule has 1 unspecified atom stereocenters. The molecule has 20 heavy (non-hydrogen) atoms. The van der Waals surface area contributed by atoms with Gasteiger partial charge in [-0.15, -0.1) is 0 Å². The number of rotatable bonds is 7. The van der Waals surface area contributed by atoms with E-state index in [4.69, 9.17) is 0 Å². The van der Waals surface area contributed by atoms with Crippen molar-refractivity contribution in [3.05, 3.63) is 41.7 Å². The van der Waals surface area contributed by atoms with Gasteiger partial charge in [0, 0.05) is 0 Å². The van der Waals surface area contributed by atoms with E-state index in [2.05, 4.69) is 13.0 Å².